The topological polar surface area (TPSA) is 83.7 Å². The summed E-state index contributed by atoms with van der Waals surface area (Å²) in [7, 11) is -3.81. The SMILES string of the molecule is CC(C)CN(CC(C)C)C(=O)CCN(Cc1cncs1)S(=O)(=O)c1ccc2occc2c1. The Bertz CT molecular complexity index is 1110. The number of amides is 1. The number of thiazole rings is 1. The summed E-state index contributed by atoms with van der Waals surface area (Å²) in [6.07, 6.45) is 3.33. The molecule has 0 aliphatic heterocycles. The molecule has 0 atom stereocenters. The lowest BCUT2D eigenvalue weighted by Crippen LogP contribution is -2.40. The molecule has 3 rings (SSSR count). The highest BCUT2D eigenvalue weighted by molar-refractivity contribution is 7.89. The Morgan fingerprint density at radius 2 is 1.84 bits per heavy atom. The molecule has 0 spiro atoms. The van der Waals surface area contributed by atoms with Crippen LogP contribution in [0.1, 0.15) is 39.0 Å². The van der Waals surface area contributed by atoms with Crippen LogP contribution in [-0.2, 0) is 21.4 Å². The second-order valence-electron chi connectivity index (χ2n) is 8.76. The molecule has 174 valence electrons. The van der Waals surface area contributed by atoms with Crippen molar-refractivity contribution in [2.24, 2.45) is 11.8 Å². The number of sulfonamides is 1. The smallest absolute Gasteiger partial charge is 0.243 e. The van der Waals surface area contributed by atoms with Crippen molar-refractivity contribution < 1.29 is 17.6 Å². The van der Waals surface area contributed by atoms with E-state index in [4.69, 9.17) is 4.42 Å². The lowest BCUT2D eigenvalue weighted by molar-refractivity contribution is -0.132. The molecular formula is C23H31N3O4S2. The molecular weight excluding hydrogens is 446 g/mol. The molecule has 2 heterocycles. The van der Waals surface area contributed by atoms with E-state index >= 15 is 0 Å². The Labute approximate surface area is 194 Å². The molecule has 0 unspecified atom stereocenters. The van der Waals surface area contributed by atoms with E-state index in [1.807, 2.05) is 4.90 Å². The number of nitrogens with zero attached hydrogens (tertiary/aromatic N) is 3. The molecule has 0 radical (unpaired) electrons. The molecule has 3 aromatic rings. The molecule has 0 bridgehead atoms. The van der Waals surface area contributed by atoms with Gasteiger partial charge in [-0.25, -0.2) is 8.42 Å². The summed E-state index contributed by atoms with van der Waals surface area (Å²) >= 11 is 1.40. The van der Waals surface area contributed by atoms with Gasteiger partial charge < -0.3 is 9.32 Å². The Balaban J connectivity index is 1.82. The zero-order valence-electron chi connectivity index (χ0n) is 19.0. The molecule has 9 heteroatoms. The summed E-state index contributed by atoms with van der Waals surface area (Å²) in [5.41, 5.74) is 2.31. The number of hydrogen-bond donors (Lipinski definition) is 0. The van der Waals surface area contributed by atoms with Gasteiger partial charge in [-0.3, -0.25) is 9.78 Å². The van der Waals surface area contributed by atoms with E-state index in [9.17, 15) is 13.2 Å². The molecule has 1 aromatic carbocycles. The average molecular weight is 478 g/mol. The average Bonchev–Trinajstić information content (AvgIpc) is 3.40. The summed E-state index contributed by atoms with van der Waals surface area (Å²) in [6, 6.07) is 6.55. The fourth-order valence-corrected chi connectivity index (χ4v) is 5.72. The largest absolute Gasteiger partial charge is 0.464 e. The monoisotopic (exact) mass is 477 g/mol. The van der Waals surface area contributed by atoms with Crippen LogP contribution in [0.15, 0.2) is 51.5 Å². The van der Waals surface area contributed by atoms with Crippen molar-refractivity contribution in [3.8, 4) is 0 Å². The van der Waals surface area contributed by atoms with Gasteiger partial charge in [0.1, 0.15) is 5.58 Å². The van der Waals surface area contributed by atoms with E-state index in [0.29, 0.717) is 30.5 Å². The van der Waals surface area contributed by atoms with Gasteiger partial charge in [-0.2, -0.15) is 4.31 Å². The van der Waals surface area contributed by atoms with Gasteiger partial charge in [-0.05, 0) is 36.1 Å². The molecule has 0 aliphatic carbocycles. The Hall–Kier alpha value is -2.23. The molecule has 7 nitrogen and oxygen atoms in total. The summed E-state index contributed by atoms with van der Waals surface area (Å²) < 4.78 is 33.7. The first kappa shape index (κ1) is 24.4. The van der Waals surface area contributed by atoms with Crippen LogP contribution in [-0.4, -0.2) is 48.1 Å². The number of rotatable bonds is 11. The van der Waals surface area contributed by atoms with Crippen LogP contribution >= 0.6 is 11.3 Å². The van der Waals surface area contributed by atoms with Gasteiger partial charge in [0.2, 0.25) is 15.9 Å². The first-order valence-corrected chi connectivity index (χ1v) is 13.1. The maximum atomic E-state index is 13.5. The van der Waals surface area contributed by atoms with Crippen LogP contribution in [0.4, 0.5) is 0 Å². The Morgan fingerprint density at radius 1 is 1.12 bits per heavy atom. The lowest BCUT2D eigenvalue weighted by Gasteiger charge is -2.28. The third kappa shape index (κ3) is 6.17. The fourth-order valence-electron chi connectivity index (χ4n) is 3.57. The van der Waals surface area contributed by atoms with E-state index in [1.165, 1.54) is 21.9 Å². The predicted molar refractivity (Wildman–Crippen MR) is 127 cm³/mol. The molecule has 32 heavy (non-hydrogen) atoms. The third-order valence-electron chi connectivity index (χ3n) is 4.98. The number of carbonyl (C=O) groups excluding carboxylic acids is 1. The minimum absolute atomic E-state index is 0.0257. The maximum Gasteiger partial charge on any atom is 0.243 e. The van der Waals surface area contributed by atoms with Crippen molar-refractivity contribution in [2.45, 2.75) is 45.6 Å². The number of carbonyl (C=O) groups is 1. The highest BCUT2D eigenvalue weighted by atomic mass is 32.2. The van der Waals surface area contributed by atoms with E-state index in [1.54, 1.807) is 36.0 Å². The van der Waals surface area contributed by atoms with Gasteiger partial charge in [0.25, 0.3) is 0 Å². The van der Waals surface area contributed by atoms with E-state index in [-0.39, 0.29) is 30.3 Å². The lowest BCUT2D eigenvalue weighted by atomic mass is 10.1. The standard InChI is InChI=1S/C23H31N3O4S2/c1-17(2)13-25(14-18(3)4)23(27)7-9-26(15-20-12-24-16-31-20)32(28,29)21-5-6-22-19(11-21)8-10-30-22/h5-6,8,10-12,16-18H,7,9,13-15H2,1-4H3. The summed E-state index contributed by atoms with van der Waals surface area (Å²) in [5.74, 6) is 0.662. The highest BCUT2D eigenvalue weighted by Gasteiger charge is 2.27. The first-order valence-electron chi connectivity index (χ1n) is 10.8. The van der Waals surface area contributed by atoms with Gasteiger partial charge in [0.05, 0.1) is 16.7 Å². The van der Waals surface area contributed by atoms with Crippen LogP contribution in [0.3, 0.4) is 0 Å². The molecule has 0 saturated carbocycles. The maximum absolute atomic E-state index is 13.5. The number of furan rings is 1. The second-order valence-corrected chi connectivity index (χ2v) is 11.7. The van der Waals surface area contributed by atoms with E-state index in [2.05, 4.69) is 32.7 Å². The molecule has 0 N–H and O–H groups in total. The predicted octanol–water partition coefficient (Wildman–Crippen LogP) is 4.61. The zero-order chi connectivity index (χ0) is 23.3. The van der Waals surface area contributed by atoms with Crippen molar-refractivity contribution >= 4 is 38.2 Å². The quantitative estimate of drug-likeness (QED) is 0.403. The van der Waals surface area contributed by atoms with Crippen molar-refractivity contribution in [1.82, 2.24) is 14.2 Å². The first-order chi connectivity index (χ1) is 15.2. The van der Waals surface area contributed by atoms with Crippen LogP contribution in [0.5, 0.6) is 0 Å². The van der Waals surface area contributed by atoms with Gasteiger partial charge in [0.15, 0.2) is 0 Å². The summed E-state index contributed by atoms with van der Waals surface area (Å²) in [5, 5.41) is 0.722. The minimum atomic E-state index is -3.81. The Morgan fingerprint density at radius 3 is 2.47 bits per heavy atom. The fraction of sp³-hybridized carbons (Fsp3) is 0.478. The molecule has 0 aliphatic rings. The van der Waals surface area contributed by atoms with Crippen molar-refractivity contribution in [3.63, 3.8) is 0 Å². The number of benzene rings is 1. The second kappa shape index (κ2) is 10.6. The number of fused-ring (bicyclic) bond motifs is 1. The summed E-state index contributed by atoms with van der Waals surface area (Å²) in [6.45, 7) is 9.92. The molecule has 1 amide bonds. The van der Waals surface area contributed by atoms with E-state index in [0.717, 1.165) is 10.3 Å². The normalized spacial score (nSPS) is 12.3. The number of hydrogen-bond acceptors (Lipinski definition) is 6. The van der Waals surface area contributed by atoms with E-state index < -0.39 is 10.0 Å². The van der Waals surface area contributed by atoms with Gasteiger partial charge in [0, 0.05) is 49.1 Å². The molecule has 2 aromatic heterocycles. The van der Waals surface area contributed by atoms with Crippen molar-refractivity contribution in [3.05, 3.63) is 47.1 Å². The molecule has 0 fully saturated rings. The summed E-state index contributed by atoms with van der Waals surface area (Å²) in [4.78, 5) is 19.9. The van der Waals surface area contributed by atoms with Crippen LogP contribution < -0.4 is 0 Å². The van der Waals surface area contributed by atoms with Gasteiger partial charge in [-0.1, -0.05) is 27.7 Å². The highest BCUT2D eigenvalue weighted by Crippen LogP contribution is 2.25. The van der Waals surface area contributed by atoms with Crippen molar-refractivity contribution in [1.29, 1.82) is 0 Å². The number of aromatic nitrogens is 1. The minimum Gasteiger partial charge on any atom is -0.464 e. The zero-order valence-corrected chi connectivity index (χ0v) is 20.7. The van der Waals surface area contributed by atoms with Crippen LogP contribution in [0.25, 0.3) is 11.0 Å². The third-order valence-corrected chi connectivity index (χ3v) is 7.58. The molecule has 0 saturated heterocycles. The van der Waals surface area contributed by atoms with Gasteiger partial charge >= 0.3 is 0 Å². The van der Waals surface area contributed by atoms with Gasteiger partial charge in [-0.15, -0.1) is 11.3 Å². The van der Waals surface area contributed by atoms with Crippen LogP contribution in [0.2, 0.25) is 0 Å². The van der Waals surface area contributed by atoms with Crippen LogP contribution in [0, 0.1) is 11.8 Å². The van der Waals surface area contributed by atoms with Crippen molar-refractivity contribution in [2.75, 3.05) is 19.6 Å². The Kier molecular flexibility index (Phi) is 8.08.